The first kappa shape index (κ1) is 22.7. The minimum atomic E-state index is -12.4. The SMILES string of the molecule is FS(F)(F)(F)(F)c1cc(Br)cc(S(F)(F)(F)(F)F)c1S(F)(F)(F)(F)F. The average Bonchev–Trinajstić information content (AvgIpc) is 2.03. The molecule has 0 aliphatic rings. The van der Waals surface area contributed by atoms with Crippen LogP contribution in [0.1, 0.15) is 0 Å². The molecule has 0 heterocycles. The lowest BCUT2D eigenvalue weighted by Crippen LogP contribution is -2.21. The van der Waals surface area contributed by atoms with E-state index >= 15 is 0 Å². The van der Waals surface area contributed by atoms with Crippen LogP contribution in [0.15, 0.2) is 31.3 Å². The Kier molecular flexibility index (Phi) is 3.22. The largest absolute Gasteiger partial charge is 0.313 e. The van der Waals surface area contributed by atoms with Crippen LogP contribution in [-0.4, -0.2) is 0 Å². The fourth-order valence-corrected chi connectivity index (χ4v) is 6.71. The van der Waals surface area contributed by atoms with Crippen molar-refractivity contribution in [2.75, 3.05) is 0 Å². The summed E-state index contributed by atoms with van der Waals surface area (Å²) in [7, 11) is -36.2. The van der Waals surface area contributed by atoms with Gasteiger partial charge in [-0.2, -0.15) is 0 Å². The van der Waals surface area contributed by atoms with Crippen molar-refractivity contribution in [2.45, 2.75) is 14.7 Å². The lowest BCUT2D eigenvalue weighted by molar-refractivity contribution is 0.319. The van der Waals surface area contributed by atoms with Crippen LogP contribution in [0.25, 0.3) is 0 Å². The second-order valence-corrected chi connectivity index (χ2v) is 12.7. The van der Waals surface area contributed by atoms with Gasteiger partial charge in [-0.05, 0) is 12.1 Å². The first-order chi connectivity index (χ1) is 9.71. The molecule has 0 nitrogen and oxygen atoms in total. The van der Waals surface area contributed by atoms with E-state index in [2.05, 4.69) is 0 Å². The molecule has 25 heavy (non-hydrogen) atoms. The van der Waals surface area contributed by atoms with Crippen molar-refractivity contribution in [1.82, 2.24) is 0 Å². The van der Waals surface area contributed by atoms with Gasteiger partial charge in [0.25, 0.3) is 0 Å². The van der Waals surface area contributed by atoms with Gasteiger partial charge in [0.1, 0.15) is 9.79 Å². The third kappa shape index (κ3) is 5.34. The molecule has 0 spiro atoms. The number of rotatable bonds is 3. The molecule has 19 heteroatoms. The molecule has 1 aromatic rings. The van der Waals surface area contributed by atoms with Gasteiger partial charge < -0.3 is 0 Å². The molecule has 0 aromatic heterocycles. The Morgan fingerprint density at radius 3 is 0.880 bits per heavy atom. The van der Waals surface area contributed by atoms with Gasteiger partial charge in [-0.15, -0.1) is 0 Å². The van der Waals surface area contributed by atoms with E-state index in [1.807, 2.05) is 0 Å². The van der Waals surface area contributed by atoms with Crippen LogP contribution in [0, 0.1) is 0 Å². The molecule has 0 radical (unpaired) electrons. The van der Waals surface area contributed by atoms with Gasteiger partial charge in [0.2, 0.25) is 0 Å². The van der Waals surface area contributed by atoms with Crippen molar-refractivity contribution in [3.8, 4) is 0 Å². The highest BCUT2D eigenvalue weighted by Crippen LogP contribution is 3.13. The highest BCUT2D eigenvalue weighted by molar-refractivity contribution is 9.10. The van der Waals surface area contributed by atoms with Crippen LogP contribution >= 0.6 is 46.6 Å². The minimum Gasteiger partial charge on any atom is -0.0936 e. The van der Waals surface area contributed by atoms with E-state index in [0.717, 1.165) is 0 Å². The zero-order valence-electron chi connectivity index (χ0n) is 10.4. The molecule has 156 valence electrons. The Hall–Kier alpha value is -0.300. The predicted molar refractivity (Wildman–Crippen MR) is 68.3 cm³/mol. The molecule has 0 fully saturated rings. The van der Waals surface area contributed by atoms with E-state index < -0.39 is 62.0 Å². The van der Waals surface area contributed by atoms with Crippen molar-refractivity contribution in [2.24, 2.45) is 0 Å². The number of benzene rings is 1. The summed E-state index contributed by atoms with van der Waals surface area (Å²) in [6.07, 6.45) is 0. The molecule has 1 aromatic carbocycles. The summed E-state index contributed by atoms with van der Waals surface area (Å²) in [5.74, 6) is 0. The highest BCUT2D eigenvalue weighted by atomic mass is 79.9. The van der Waals surface area contributed by atoms with Gasteiger partial charge in [0.05, 0.1) is 0 Å². The van der Waals surface area contributed by atoms with Crippen LogP contribution in [0.2, 0.25) is 0 Å². The van der Waals surface area contributed by atoms with Crippen LogP contribution in [0.5, 0.6) is 0 Å². The first-order valence-corrected chi connectivity index (χ1v) is 11.4. The van der Waals surface area contributed by atoms with Gasteiger partial charge in [-0.3, -0.25) is 0 Å². The molecule has 0 aliphatic heterocycles. The summed E-state index contributed by atoms with van der Waals surface area (Å²) in [4.78, 5) is -15.1. The zero-order valence-corrected chi connectivity index (χ0v) is 14.5. The minimum absolute atomic E-state index is 1.47. The van der Waals surface area contributed by atoms with Gasteiger partial charge in [0, 0.05) is 4.47 Å². The molecule has 1 rings (SSSR count). The smallest absolute Gasteiger partial charge is 0.0936 e. The van der Waals surface area contributed by atoms with Gasteiger partial charge in [-0.25, -0.2) is 0 Å². The maximum Gasteiger partial charge on any atom is 0.313 e. The van der Waals surface area contributed by atoms with Crippen molar-refractivity contribution < 1.29 is 58.3 Å². The normalized spacial score (nSPS) is 22.7. The van der Waals surface area contributed by atoms with E-state index in [1.165, 1.54) is 0 Å². The highest BCUT2D eigenvalue weighted by Gasteiger charge is 2.81. The van der Waals surface area contributed by atoms with Crippen molar-refractivity contribution >= 4 is 46.6 Å². The predicted octanol–water partition coefficient (Wildman–Crippen LogP) is 10.4. The van der Waals surface area contributed by atoms with Crippen molar-refractivity contribution in [3.63, 3.8) is 0 Å². The molecule has 0 saturated carbocycles. The summed E-state index contributed by atoms with van der Waals surface area (Å²) in [5, 5.41) is 0. The van der Waals surface area contributed by atoms with Crippen molar-refractivity contribution in [1.29, 1.82) is 0 Å². The fraction of sp³-hybridized carbons (Fsp3) is 0. The van der Waals surface area contributed by atoms with Gasteiger partial charge in [0.15, 0.2) is 4.90 Å². The Morgan fingerprint density at radius 1 is 0.480 bits per heavy atom. The Balaban J connectivity index is 4.56. The van der Waals surface area contributed by atoms with E-state index in [4.69, 9.17) is 0 Å². The summed E-state index contributed by atoms with van der Waals surface area (Å²) < 4.78 is 188. The summed E-state index contributed by atoms with van der Waals surface area (Å²) in [5.41, 5.74) is 0. The molecule has 0 aliphatic carbocycles. The molecule has 0 atom stereocenters. The van der Waals surface area contributed by atoms with E-state index in [-0.39, 0.29) is 0 Å². The van der Waals surface area contributed by atoms with Crippen LogP contribution in [0.4, 0.5) is 58.3 Å². The van der Waals surface area contributed by atoms with Crippen LogP contribution in [0.3, 0.4) is 0 Å². The molecular formula is C6H2BrF15S3. The van der Waals surface area contributed by atoms with E-state index in [1.54, 1.807) is 15.9 Å². The Labute approximate surface area is 136 Å². The maximum absolute atomic E-state index is 12.7. The molecule has 0 amide bonds. The topological polar surface area (TPSA) is 0 Å². The van der Waals surface area contributed by atoms with E-state index in [9.17, 15) is 58.3 Å². The molecule has 0 unspecified atom stereocenters. The third-order valence-electron chi connectivity index (χ3n) is 2.20. The zero-order chi connectivity index (χ0) is 20.9. The Bertz CT molecular complexity index is 730. The van der Waals surface area contributed by atoms with Gasteiger partial charge in [-0.1, -0.05) is 74.2 Å². The summed E-state index contributed by atoms with van der Waals surface area (Å²) >= 11 is 1.60. The standard InChI is InChI=1S/C6H2BrF15S3/c7-3-1-4(23(8,9,10,11)12)6(25(18,19,20,21)22)5(2-3)24(13,14,15,16)17/h1-2H. The van der Waals surface area contributed by atoms with E-state index in [0.29, 0.717) is 0 Å². The first-order valence-electron chi connectivity index (χ1n) is 4.77. The molecule has 0 bridgehead atoms. The molecule has 0 N–H and O–H groups in total. The second-order valence-electron chi connectivity index (χ2n) is 4.64. The summed E-state index contributed by atoms with van der Waals surface area (Å²) in [6.45, 7) is 0. The molecular weight excluding hydrogens is 533 g/mol. The average molecular weight is 535 g/mol. The molecule has 0 saturated heterocycles. The fourth-order valence-electron chi connectivity index (χ4n) is 1.50. The van der Waals surface area contributed by atoms with Crippen LogP contribution in [-0.2, 0) is 0 Å². The number of hydrogen-bond donors (Lipinski definition) is 0. The monoisotopic (exact) mass is 534 g/mol. The second kappa shape index (κ2) is 3.54. The van der Waals surface area contributed by atoms with Crippen LogP contribution < -0.4 is 0 Å². The quantitative estimate of drug-likeness (QED) is 0.338. The van der Waals surface area contributed by atoms with Gasteiger partial charge >= 0.3 is 30.7 Å². The lowest BCUT2D eigenvalue weighted by atomic mass is 10.4. The number of hydrogen-bond acceptors (Lipinski definition) is 0. The number of halogens is 16. The van der Waals surface area contributed by atoms with Crippen molar-refractivity contribution in [3.05, 3.63) is 16.6 Å². The summed E-state index contributed by atoms with van der Waals surface area (Å²) in [6, 6.07) is -2.94. The lowest BCUT2D eigenvalue weighted by Gasteiger charge is -2.51. The maximum atomic E-state index is 12.7. The third-order valence-corrected chi connectivity index (χ3v) is 6.44. The Morgan fingerprint density at radius 2 is 0.720 bits per heavy atom.